The molecule has 0 atom stereocenters. The van der Waals surface area contributed by atoms with E-state index in [1.807, 2.05) is 50.8 Å². The van der Waals surface area contributed by atoms with Gasteiger partial charge in [-0.25, -0.2) is 12.2 Å². The normalized spacial score (nSPS) is 9.74. The second-order valence-electron chi connectivity index (χ2n) is 5.54. The Balaban J connectivity index is 0.000000666. The number of hydrogen-bond acceptors (Lipinski definition) is 3. The molecule has 3 rings (SSSR count). The molecule has 0 aliphatic rings. The third-order valence-corrected chi connectivity index (χ3v) is 3.77. The fourth-order valence-corrected chi connectivity index (χ4v) is 2.30. The fourth-order valence-electron chi connectivity index (χ4n) is 2.30. The van der Waals surface area contributed by atoms with Gasteiger partial charge >= 0.3 is 17.1 Å². The van der Waals surface area contributed by atoms with E-state index in [0.29, 0.717) is 0 Å². The molecule has 0 saturated heterocycles. The summed E-state index contributed by atoms with van der Waals surface area (Å²) in [6.45, 7) is 14.4. The van der Waals surface area contributed by atoms with Gasteiger partial charge in [-0.05, 0) is 37.9 Å². The molecule has 0 amide bonds. The molecule has 3 aromatic heterocycles. The van der Waals surface area contributed by atoms with Crippen LogP contribution in [-0.4, -0.2) is 29.3 Å². The Morgan fingerprint density at radius 3 is 1.33 bits per heavy atom. The van der Waals surface area contributed by atoms with Gasteiger partial charge in [0.1, 0.15) is 0 Å². The van der Waals surface area contributed by atoms with Crippen LogP contribution in [0.2, 0.25) is 0 Å². The Hall–Kier alpha value is -2.50. The van der Waals surface area contributed by atoms with E-state index < -0.39 is 0 Å². The van der Waals surface area contributed by atoms with Crippen molar-refractivity contribution in [2.24, 2.45) is 0 Å². The van der Waals surface area contributed by atoms with Crippen LogP contribution in [-0.2, 0) is 36.3 Å². The molecular weight excluding hydrogens is 379 g/mol. The van der Waals surface area contributed by atoms with E-state index in [-0.39, 0.29) is 17.1 Å². The van der Waals surface area contributed by atoms with Crippen molar-refractivity contribution in [1.29, 1.82) is 0 Å². The van der Waals surface area contributed by atoms with Gasteiger partial charge < -0.3 is 0 Å². The molecule has 0 saturated carbocycles. The quantitative estimate of drug-likeness (QED) is 0.343. The van der Waals surface area contributed by atoms with E-state index in [1.165, 1.54) is 12.2 Å². The molecule has 143 valence electrons. The maximum absolute atomic E-state index is 4.78. The van der Waals surface area contributed by atoms with Crippen LogP contribution in [0.3, 0.4) is 0 Å². The van der Waals surface area contributed by atoms with E-state index >= 15 is 0 Å². The van der Waals surface area contributed by atoms with Gasteiger partial charge in [0, 0.05) is 0 Å². The van der Waals surface area contributed by atoms with Crippen molar-refractivity contribution in [3.8, 4) is 0 Å². The average Bonchev–Trinajstić information content (AvgIpc) is 3.43. The van der Waals surface area contributed by atoms with E-state index in [9.17, 15) is 0 Å². The molecule has 0 unspecified atom stereocenters. The van der Waals surface area contributed by atoms with Gasteiger partial charge in [0.05, 0.1) is 17.1 Å². The summed E-state index contributed by atoms with van der Waals surface area (Å²) in [5, 5.41) is 13.8. The Kier molecular flexibility index (Phi) is 9.40. The molecule has 6 nitrogen and oxygen atoms in total. The van der Waals surface area contributed by atoms with Crippen molar-refractivity contribution in [3.05, 3.63) is 85.5 Å². The Morgan fingerprint density at radius 1 is 0.852 bits per heavy atom. The molecular formula is C20H26MnN6. The Bertz CT molecular complexity index is 723. The summed E-state index contributed by atoms with van der Waals surface area (Å²) in [6, 6.07) is 6.07. The van der Waals surface area contributed by atoms with Crippen LogP contribution in [0.4, 0.5) is 0 Å². The first kappa shape index (κ1) is 22.5. The predicted octanol–water partition coefficient (Wildman–Crippen LogP) is 3.51. The molecule has 0 fully saturated rings. The molecule has 3 heterocycles. The Labute approximate surface area is 172 Å². The molecule has 27 heavy (non-hydrogen) atoms. The Morgan fingerprint density at radius 2 is 1.15 bits per heavy atom. The van der Waals surface area contributed by atoms with Crippen molar-refractivity contribution >= 4 is 0 Å². The minimum absolute atomic E-state index is 0. The van der Waals surface area contributed by atoms with E-state index in [0.717, 1.165) is 42.6 Å². The zero-order chi connectivity index (χ0) is 18.9. The van der Waals surface area contributed by atoms with Gasteiger partial charge in [0.2, 0.25) is 0 Å². The standard InChI is InChI=1S/C16H21N6.C4H5.Mn/c1-4-13-7-10-20(17-13)16(21-11-8-14(5-2)18-21)22-12-9-15(6-3)19-22;1-3-4-2;/h7-12H,4-6H2,1-3H3;1,3-4H,2H2;/q2*-1;+2. The third kappa shape index (κ3) is 5.74. The summed E-state index contributed by atoms with van der Waals surface area (Å²) in [5.41, 5.74) is 3.13. The van der Waals surface area contributed by atoms with Crippen LogP contribution in [0, 0.1) is 12.9 Å². The second kappa shape index (κ2) is 11.3. The van der Waals surface area contributed by atoms with Gasteiger partial charge in [-0.1, -0.05) is 39.0 Å². The van der Waals surface area contributed by atoms with Crippen molar-refractivity contribution in [3.63, 3.8) is 0 Å². The molecule has 0 bridgehead atoms. The van der Waals surface area contributed by atoms with Gasteiger partial charge in [-0.2, -0.15) is 21.9 Å². The van der Waals surface area contributed by atoms with E-state index in [2.05, 4.69) is 42.6 Å². The summed E-state index contributed by atoms with van der Waals surface area (Å²) >= 11 is 0. The predicted molar refractivity (Wildman–Crippen MR) is 103 cm³/mol. The fraction of sp³-hybridized carbons (Fsp3) is 0.300. The van der Waals surface area contributed by atoms with Gasteiger partial charge in [-0.15, -0.1) is 0 Å². The first-order valence-corrected chi connectivity index (χ1v) is 8.84. The van der Waals surface area contributed by atoms with Gasteiger partial charge in [-0.3, -0.25) is 20.6 Å². The smallest absolute Gasteiger partial charge is 0.293 e. The largest absolute Gasteiger partial charge is 2.00 e. The van der Waals surface area contributed by atoms with Crippen LogP contribution in [0.25, 0.3) is 0 Å². The zero-order valence-corrected chi connectivity index (χ0v) is 17.3. The van der Waals surface area contributed by atoms with E-state index in [4.69, 9.17) is 6.58 Å². The third-order valence-electron chi connectivity index (χ3n) is 3.77. The number of hydrogen-bond donors (Lipinski definition) is 0. The van der Waals surface area contributed by atoms with Crippen LogP contribution < -0.4 is 0 Å². The average molecular weight is 405 g/mol. The summed E-state index contributed by atoms with van der Waals surface area (Å²) in [6.07, 6.45) is 12.3. The summed E-state index contributed by atoms with van der Waals surface area (Å²) in [7, 11) is 0. The second-order valence-corrected chi connectivity index (χ2v) is 5.54. The number of allylic oxidation sites excluding steroid dienone is 2. The number of aromatic nitrogens is 6. The van der Waals surface area contributed by atoms with Crippen molar-refractivity contribution in [1.82, 2.24) is 29.3 Å². The molecule has 0 spiro atoms. The molecule has 0 aromatic carbocycles. The van der Waals surface area contributed by atoms with Gasteiger partial charge in [0.15, 0.2) is 6.29 Å². The summed E-state index contributed by atoms with van der Waals surface area (Å²) < 4.78 is 5.49. The van der Waals surface area contributed by atoms with Crippen molar-refractivity contribution in [2.45, 2.75) is 40.0 Å². The van der Waals surface area contributed by atoms with Gasteiger partial charge in [0.25, 0.3) is 0 Å². The maximum atomic E-state index is 4.78. The van der Waals surface area contributed by atoms with Crippen LogP contribution in [0.5, 0.6) is 0 Å². The number of aryl methyl sites for hydroxylation is 3. The molecule has 3 aromatic rings. The minimum Gasteiger partial charge on any atom is -0.293 e. The first-order valence-electron chi connectivity index (χ1n) is 8.84. The number of nitrogens with zero attached hydrogens (tertiary/aromatic N) is 6. The summed E-state index contributed by atoms with van der Waals surface area (Å²) in [5.74, 6) is 0. The minimum atomic E-state index is 0. The summed E-state index contributed by atoms with van der Waals surface area (Å²) in [4.78, 5) is 0. The molecule has 7 heteroatoms. The topological polar surface area (TPSA) is 53.5 Å². The molecule has 0 aliphatic heterocycles. The molecule has 1 radical (unpaired) electrons. The zero-order valence-electron chi connectivity index (χ0n) is 16.1. The van der Waals surface area contributed by atoms with Crippen LogP contribution in [0.15, 0.2) is 55.5 Å². The van der Waals surface area contributed by atoms with Crippen molar-refractivity contribution in [2.75, 3.05) is 0 Å². The first-order chi connectivity index (χ1) is 12.7. The van der Waals surface area contributed by atoms with Crippen LogP contribution >= 0.6 is 0 Å². The maximum Gasteiger partial charge on any atom is 2.00 e. The number of rotatable bonds is 7. The monoisotopic (exact) mass is 405 g/mol. The van der Waals surface area contributed by atoms with E-state index in [1.54, 1.807) is 0 Å². The van der Waals surface area contributed by atoms with Crippen molar-refractivity contribution < 1.29 is 17.1 Å². The molecule has 0 N–H and O–H groups in total. The van der Waals surface area contributed by atoms with Crippen LogP contribution in [0.1, 0.15) is 37.9 Å². The SMILES string of the molecule is CCc1ccn([C-](n2ccc(CC)n2)n2ccc(CC)n2)n1.[CH-]=CC=C.[Mn+2]. The molecule has 0 aliphatic carbocycles.